The smallest absolute Gasteiger partial charge is 0.335 e. The van der Waals surface area contributed by atoms with E-state index in [0.717, 1.165) is 4.90 Å². The molecular formula is C20H16ClIN2O5. The van der Waals surface area contributed by atoms with Gasteiger partial charge in [0.25, 0.3) is 11.8 Å². The number of phenols is 1. The van der Waals surface area contributed by atoms with Gasteiger partial charge in [0.15, 0.2) is 11.5 Å². The number of carbonyl (C=O) groups is 3. The summed E-state index contributed by atoms with van der Waals surface area (Å²) in [6.07, 6.45) is 1.35. The van der Waals surface area contributed by atoms with Crippen LogP contribution in [0.1, 0.15) is 18.1 Å². The van der Waals surface area contributed by atoms with E-state index >= 15 is 0 Å². The minimum Gasteiger partial charge on any atom is -0.504 e. The molecule has 1 aliphatic heterocycles. The number of barbiturate groups is 1. The van der Waals surface area contributed by atoms with E-state index in [2.05, 4.69) is 5.32 Å². The molecule has 29 heavy (non-hydrogen) atoms. The molecule has 4 amide bonds. The van der Waals surface area contributed by atoms with E-state index < -0.39 is 17.8 Å². The largest absolute Gasteiger partial charge is 0.504 e. The second-order valence-electron chi connectivity index (χ2n) is 6.17. The zero-order chi connectivity index (χ0) is 21.3. The standard InChI is InChI=1S/C20H16ClIN2O5/c1-3-29-16-8-11(7-14(22)17(16)25)6-13-18(26)23-20(28)24(19(13)27)15-9-12(21)5-4-10(15)2/h4-9,25H,3H2,1-2H3,(H,23,26,28)/b13-6+. The van der Waals surface area contributed by atoms with E-state index in [1.165, 1.54) is 18.2 Å². The quantitative estimate of drug-likeness (QED) is 0.356. The summed E-state index contributed by atoms with van der Waals surface area (Å²) in [5.74, 6) is -1.38. The number of ether oxygens (including phenoxy) is 1. The Kier molecular flexibility index (Phi) is 6.13. The van der Waals surface area contributed by atoms with Crippen molar-refractivity contribution in [2.24, 2.45) is 0 Å². The molecule has 0 atom stereocenters. The van der Waals surface area contributed by atoms with Crippen LogP contribution in [0.4, 0.5) is 10.5 Å². The van der Waals surface area contributed by atoms with Gasteiger partial charge in [-0.3, -0.25) is 14.9 Å². The van der Waals surface area contributed by atoms with Crippen molar-refractivity contribution >= 4 is 63.8 Å². The van der Waals surface area contributed by atoms with Crippen molar-refractivity contribution in [2.45, 2.75) is 13.8 Å². The van der Waals surface area contributed by atoms with Crippen molar-refractivity contribution < 1.29 is 24.2 Å². The van der Waals surface area contributed by atoms with Crippen molar-refractivity contribution in [1.29, 1.82) is 0 Å². The van der Waals surface area contributed by atoms with E-state index in [1.54, 1.807) is 32.0 Å². The lowest BCUT2D eigenvalue weighted by atomic mass is 10.1. The number of anilines is 1. The van der Waals surface area contributed by atoms with Crippen LogP contribution in [0, 0.1) is 10.5 Å². The first kappa shape index (κ1) is 21.1. The van der Waals surface area contributed by atoms with Crippen LogP contribution in [0.2, 0.25) is 5.02 Å². The summed E-state index contributed by atoms with van der Waals surface area (Å²) in [5.41, 5.74) is 1.16. The van der Waals surface area contributed by atoms with Gasteiger partial charge in [0.2, 0.25) is 0 Å². The molecule has 150 valence electrons. The Morgan fingerprint density at radius 2 is 1.97 bits per heavy atom. The van der Waals surface area contributed by atoms with Gasteiger partial charge in [0.1, 0.15) is 5.57 Å². The first-order chi connectivity index (χ1) is 13.7. The lowest BCUT2D eigenvalue weighted by Crippen LogP contribution is -2.54. The van der Waals surface area contributed by atoms with Gasteiger partial charge in [-0.05, 0) is 77.9 Å². The molecule has 0 aliphatic carbocycles. The molecule has 0 radical (unpaired) electrons. The summed E-state index contributed by atoms with van der Waals surface area (Å²) in [5, 5.41) is 12.6. The average Bonchev–Trinajstić information content (AvgIpc) is 2.65. The third-order valence-electron chi connectivity index (χ3n) is 4.18. The highest BCUT2D eigenvalue weighted by atomic mass is 127. The molecule has 1 aliphatic rings. The SMILES string of the molecule is CCOc1cc(/C=C2\C(=O)NC(=O)N(c3cc(Cl)ccc3C)C2=O)cc(I)c1O. The molecule has 1 saturated heterocycles. The molecule has 2 aromatic rings. The van der Waals surface area contributed by atoms with Gasteiger partial charge >= 0.3 is 6.03 Å². The molecule has 7 nitrogen and oxygen atoms in total. The van der Waals surface area contributed by atoms with E-state index in [9.17, 15) is 19.5 Å². The lowest BCUT2D eigenvalue weighted by Gasteiger charge is -2.27. The first-order valence-electron chi connectivity index (χ1n) is 8.55. The highest BCUT2D eigenvalue weighted by molar-refractivity contribution is 14.1. The number of hydrogen-bond acceptors (Lipinski definition) is 5. The van der Waals surface area contributed by atoms with Gasteiger partial charge in [-0.2, -0.15) is 0 Å². The normalized spacial score (nSPS) is 15.7. The molecule has 1 fully saturated rings. The number of carbonyl (C=O) groups excluding carboxylic acids is 3. The predicted molar refractivity (Wildman–Crippen MR) is 117 cm³/mol. The number of nitrogens with zero attached hydrogens (tertiary/aromatic N) is 1. The van der Waals surface area contributed by atoms with E-state index in [-0.39, 0.29) is 22.8 Å². The van der Waals surface area contributed by atoms with Crippen molar-refractivity contribution in [2.75, 3.05) is 11.5 Å². The zero-order valence-electron chi connectivity index (χ0n) is 15.5. The highest BCUT2D eigenvalue weighted by Gasteiger charge is 2.37. The van der Waals surface area contributed by atoms with Crippen molar-refractivity contribution in [1.82, 2.24) is 5.32 Å². The Balaban J connectivity index is 2.07. The molecule has 9 heteroatoms. The Hall–Kier alpha value is -2.59. The number of hydrogen-bond donors (Lipinski definition) is 2. The number of aryl methyl sites for hydroxylation is 1. The Morgan fingerprint density at radius 1 is 1.24 bits per heavy atom. The number of phenolic OH excluding ortho intramolecular Hbond substituents is 1. The predicted octanol–water partition coefficient (Wildman–Crippen LogP) is 4.02. The molecule has 2 N–H and O–H groups in total. The van der Waals surface area contributed by atoms with Gasteiger partial charge in [0, 0.05) is 5.02 Å². The van der Waals surface area contributed by atoms with Crippen LogP contribution in [-0.2, 0) is 9.59 Å². The Labute approximate surface area is 185 Å². The van der Waals surface area contributed by atoms with Crippen molar-refractivity contribution in [3.63, 3.8) is 0 Å². The van der Waals surface area contributed by atoms with E-state index in [0.29, 0.717) is 26.3 Å². The third kappa shape index (κ3) is 4.23. The topological polar surface area (TPSA) is 95.9 Å². The maximum absolute atomic E-state index is 13.0. The number of benzene rings is 2. The second-order valence-corrected chi connectivity index (χ2v) is 7.77. The van der Waals surface area contributed by atoms with E-state index in [1.807, 2.05) is 22.6 Å². The summed E-state index contributed by atoms with van der Waals surface area (Å²) in [6.45, 7) is 3.83. The Bertz CT molecular complexity index is 1070. The summed E-state index contributed by atoms with van der Waals surface area (Å²) in [6, 6.07) is 7.06. The molecule has 0 bridgehead atoms. The summed E-state index contributed by atoms with van der Waals surface area (Å²) in [7, 11) is 0. The number of rotatable bonds is 4. The number of halogens is 2. The van der Waals surface area contributed by atoms with Gasteiger partial charge in [-0.1, -0.05) is 17.7 Å². The van der Waals surface area contributed by atoms with Crippen LogP contribution in [0.5, 0.6) is 11.5 Å². The fourth-order valence-corrected chi connectivity index (χ4v) is 3.60. The van der Waals surface area contributed by atoms with E-state index in [4.69, 9.17) is 16.3 Å². The molecule has 0 aromatic heterocycles. The maximum Gasteiger partial charge on any atom is 0.335 e. The number of aromatic hydroxyl groups is 1. The molecule has 1 heterocycles. The monoisotopic (exact) mass is 526 g/mol. The lowest BCUT2D eigenvalue weighted by molar-refractivity contribution is -0.122. The minimum absolute atomic E-state index is 0.0274. The van der Waals surface area contributed by atoms with Crippen LogP contribution in [0.25, 0.3) is 6.08 Å². The molecule has 0 unspecified atom stereocenters. The summed E-state index contributed by atoms with van der Waals surface area (Å²) >= 11 is 7.94. The average molecular weight is 527 g/mol. The number of amides is 4. The number of imide groups is 2. The summed E-state index contributed by atoms with van der Waals surface area (Å²) in [4.78, 5) is 38.6. The first-order valence-corrected chi connectivity index (χ1v) is 10.0. The zero-order valence-corrected chi connectivity index (χ0v) is 18.4. The van der Waals surface area contributed by atoms with Gasteiger partial charge < -0.3 is 9.84 Å². The van der Waals surface area contributed by atoms with Crippen LogP contribution >= 0.6 is 34.2 Å². The fraction of sp³-hybridized carbons (Fsp3) is 0.150. The van der Waals surface area contributed by atoms with Crippen LogP contribution < -0.4 is 15.0 Å². The molecule has 0 spiro atoms. The third-order valence-corrected chi connectivity index (χ3v) is 5.23. The van der Waals surface area contributed by atoms with Crippen LogP contribution in [0.15, 0.2) is 35.9 Å². The van der Waals surface area contributed by atoms with Gasteiger partial charge in [-0.15, -0.1) is 0 Å². The Morgan fingerprint density at radius 3 is 2.66 bits per heavy atom. The number of nitrogens with one attached hydrogen (secondary N) is 1. The van der Waals surface area contributed by atoms with Gasteiger partial charge in [0.05, 0.1) is 15.9 Å². The van der Waals surface area contributed by atoms with Crippen molar-refractivity contribution in [3.05, 3.63) is 55.6 Å². The molecule has 3 rings (SSSR count). The minimum atomic E-state index is -0.849. The molecule has 0 saturated carbocycles. The van der Waals surface area contributed by atoms with Crippen LogP contribution in [-0.4, -0.2) is 29.6 Å². The van der Waals surface area contributed by atoms with Crippen molar-refractivity contribution in [3.8, 4) is 11.5 Å². The number of urea groups is 1. The fourth-order valence-electron chi connectivity index (χ4n) is 2.81. The highest BCUT2D eigenvalue weighted by Crippen LogP contribution is 2.34. The molecular weight excluding hydrogens is 511 g/mol. The maximum atomic E-state index is 13.0. The van der Waals surface area contributed by atoms with Crippen LogP contribution in [0.3, 0.4) is 0 Å². The second kappa shape index (κ2) is 8.42. The summed E-state index contributed by atoms with van der Waals surface area (Å²) < 4.78 is 5.88. The molecule has 2 aromatic carbocycles. The van der Waals surface area contributed by atoms with Gasteiger partial charge in [-0.25, -0.2) is 9.69 Å².